The molecule has 33 valence electrons. The molecule has 0 aliphatic heterocycles. The molecule has 0 rings (SSSR count). The van der Waals surface area contributed by atoms with E-state index >= 15 is 0 Å². The Morgan fingerprint density at radius 2 is 2.50 bits per heavy atom. The second-order valence-electron chi connectivity index (χ2n) is 0.895. The average molecular weight is 83.1 g/mol. The van der Waals surface area contributed by atoms with Crippen LogP contribution in [0.3, 0.4) is 0 Å². The van der Waals surface area contributed by atoms with Crippen molar-refractivity contribution < 1.29 is 4.79 Å². The van der Waals surface area contributed by atoms with E-state index in [1.165, 1.54) is 0 Å². The molecule has 0 fully saturated rings. The summed E-state index contributed by atoms with van der Waals surface area (Å²) in [5.74, 6) is 0. The van der Waals surface area contributed by atoms with Crippen molar-refractivity contribution in [3.8, 4) is 0 Å². The van der Waals surface area contributed by atoms with E-state index in [1.54, 1.807) is 13.0 Å². The van der Waals surface area contributed by atoms with Crippen LogP contribution in [0.5, 0.6) is 0 Å². The van der Waals surface area contributed by atoms with Gasteiger partial charge in [0.25, 0.3) is 0 Å². The lowest BCUT2D eigenvalue weighted by atomic mass is 10.4. The maximum Gasteiger partial charge on any atom is 0.123 e. The van der Waals surface area contributed by atoms with Gasteiger partial charge in [-0.15, -0.1) is 0 Å². The summed E-state index contributed by atoms with van der Waals surface area (Å²) < 4.78 is 0. The van der Waals surface area contributed by atoms with E-state index in [9.17, 15) is 4.79 Å². The molecule has 1 radical (unpaired) electrons. The van der Waals surface area contributed by atoms with Crippen molar-refractivity contribution in [2.45, 2.75) is 13.3 Å². The van der Waals surface area contributed by atoms with Gasteiger partial charge in [0.15, 0.2) is 0 Å². The molecular weight excluding hydrogens is 76.1 g/mol. The minimum absolute atomic E-state index is 0.497. The molecule has 0 heterocycles. The molecule has 0 aliphatic carbocycles. The van der Waals surface area contributed by atoms with E-state index in [-0.39, 0.29) is 0 Å². The molecule has 0 spiro atoms. The maximum absolute atomic E-state index is 9.49. The van der Waals surface area contributed by atoms with Gasteiger partial charge in [-0.25, -0.2) is 0 Å². The smallest absolute Gasteiger partial charge is 0.123 e. The second-order valence-corrected chi connectivity index (χ2v) is 0.895. The Morgan fingerprint density at radius 3 is 2.67 bits per heavy atom. The van der Waals surface area contributed by atoms with E-state index in [1.807, 2.05) is 0 Å². The van der Waals surface area contributed by atoms with Crippen molar-refractivity contribution in [1.82, 2.24) is 0 Å². The number of allylic oxidation sites excluding steroid dienone is 2. The van der Waals surface area contributed by atoms with Gasteiger partial charge < -0.3 is 4.79 Å². The number of hydrogen-bond acceptors (Lipinski definition) is 1. The molecule has 0 saturated carbocycles. The summed E-state index contributed by atoms with van der Waals surface area (Å²) in [5.41, 5.74) is 0. The van der Waals surface area contributed by atoms with Gasteiger partial charge in [0.2, 0.25) is 0 Å². The van der Waals surface area contributed by atoms with Crippen LogP contribution in [0.15, 0.2) is 6.08 Å². The highest BCUT2D eigenvalue weighted by Gasteiger charge is 1.63. The number of rotatable bonds is 2. The third-order valence-corrected chi connectivity index (χ3v) is 0.418. The third kappa shape index (κ3) is 3.41. The van der Waals surface area contributed by atoms with Crippen molar-refractivity contribution in [2.75, 3.05) is 0 Å². The van der Waals surface area contributed by atoms with Gasteiger partial charge in [-0.1, -0.05) is 12.2 Å². The van der Waals surface area contributed by atoms with Crippen molar-refractivity contribution in [3.63, 3.8) is 0 Å². The van der Waals surface area contributed by atoms with Gasteiger partial charge in [0.05, 0.1) is 0 Å². The number of carbonyl (C=O) groups excluding carboxylic acids is 1. The van der Waals surface area contributed by atoms with Gasteiger partial charge in [-0.05, 0) is 6.92 Å². The minimum atomic E-state index is 0.497. The fourth-order valence-corrected chi connectivity index (χ4v) is 0.166. The Balaban J connectivity index is 2.85. The molecule has 0 aromatic heterocycles. The summed E-state index contributed by atoms with van der Waals surface area (Å²) >= 11 is 0. The molecule has 0 amide bonds. The molecule has 0 bridgehead atoms. The minimum Gasteiger partial charge on any atom is -0.303 e. The summed E-state index contributed by atoms with van der Waals surface area (Å²) in [5, 5.41) is 0. The zero-order chi connectivity index (χ0) is 4.83. The van der Waals surface area contributed by atoms with E-state index in [2.05, 4.69) is 6.08 Å². The molecular formula is C5H7O. The summed E-state index contributed by atoms with van der Waals surface area (Å²) in [6, 6.07) is 0. The fraction of sp³-hybridized carbons (Fsp3) is 0.400. The van der Waals surface area contributed by atoms with Crippen LogP contribution in [0.2, 0.25) is 0 Å². The van der Waals surface area contributed by atoms with Crippen LogP contribution in [-0.2, 0) is 4.79 Å². The van der Waals surface area contributed by atoms with Crippen molar-refractivity contribution in [2.24, 2.45) is 0 Å². The largest absolute Gasteiger partial charge is 0.303 e. The van der Waals surface area contributed by atoms with Crippen molar-refractivity contribution in [3.05, 3.63) is 12.2 Å². The van der Waals surface area contributed by atoms with Crippen molar-refractivity contribution in [1.29, 1.82) is 0 Å². The van der Waals surface area contributed by atoms with E-state index in [0.29, 0.717) is 6.42 Å². The molecule has 0 N–H and O–H groups in total. The van der Waals surface area contributed by atoms with Crippen LogP contribution < -0.4 is 0 Å². The standard InChI is InChI=1S/C5H7O/c1-2-3-4-5-6/h3,5H,4H2,1H3. The summed E-state index contributed by atoms with van der Waals surface area (Å²) in [4.78, 5) is 9.49. The van der Waals surface area contributed by atoms with Crippen LogP contribution in [0.1, 0.15) is 13.3 Å². The van der Waals surface area contributed by atoms with E-state index in [0.717, 1.165) is 6.29 Å². The Bertz CT molecular complexity index is 55.0. The van der Waals surface area contributed by atoms with E-state index in [4.69, 9.17) is 0 Å². The van der Waals surface area contributed by atoms with Crippen LogP contribution in [0.25, 0.3) is 0 Å². The summed E-state index contributed by atoms with van der Waals surface area (Å²) in [6.07, 6.45) is 5.74. The van der Waals surface area contributed by atoms with Gasteiger partial charge >= 0.3 is 0 Å². The Kier molecular flexibility index (Phi) is 3.98. The first kappa shape index (κ1) is 5.41. The zero-order valence-electron chi connectivity index (χ0n) is 3.77. The second kappa shape index (κ2) is 4.41. The van der Waals surface area contributed by atoms with Gasteiger partial charge in [0.1, 0.15) is 6.29 Å². The third-order valence-electron chi connectivity index (χ3n) is 0.418. The lowest BCUT2D eigenvalue weighted by Gasteiger charge is -1.64. The number of hydrogen-bond donors (Lipinski definition) is 0. The number of carbonyl (C=O) groups is 1. The Morgan fingerprint density at radius 1 is 1.83 bits per heavy atom. The highest BCUT2D eigenvalue weighted by atomic mass is 16.1. The molecule has 6 heavy (non-hydrogen) atoms. The predicted octanol–water partition coefficient (Wildman–Crippen LogP) is 0.955. The Hall–Kier alpha value is -0.590. The van der Waals surface area contributed by atoms with Gasteiger partial charge in [0, 0.05) is 6.42 Å². The highest BCUT2D eigenvalue weighted by Crippen LogP contribution is 1.70. The normalized spacial score (nSPS) is 9.50. The lowest BCUT2D eigenvalue weighted by molar-refractivity contribution is -0.107. The molecule has 1 nitrogen and oxygen atoms in total. The summed E-state index contributed by atoms with van der Waals surface area (Å²) in [6.45, 7) is 1.77. The SMILES string of the molecule is C/[C]=C/CC=O. The van der Waals surface area contributed by atoms with Gasteiger partial charge in [-0.3, -0.25) is 0 Å². The molecule has 0 aliphatic rings. The number of aldehydes is 1. The molecule has 0 aromatic rings. The molecule has 0 aromatic carbocycles. The predicted molar refractivity (Wildman–Crippen MR) is 24.2 cm³/mol. The molecule has 0 atom stereocenters. The Labute approximate surface area is 37.7 Å². The molecule has 0 unspecified atom stereocenters. The van der Waals surface area contributed by atoms with Crippen LogP contribution in [0, 0.1) is 6.08 Å². The first-order valence-electron chi connectivity index (χ1n) is 1.84. The summed E-state index contributed by atoms with van der Waals surface area (Å²) in [7, 11) is 0. The first-order valence-corrected chi connectivity index (χ1v) is 1.84. The first-order chi connectivity index (χ1) is 2.91. The molecule has 1 heteroatoms. The maximum atomic E-state index is 9.49. The monoisotopic (exact) mass is 83.0 g/mol. The van der Waals surface area contributed by atoms with Crippen LogP contribution in [0.4, 0.5) is 0 Å². The van der Waals surface area contributed by atoms with Crippen LogP contribution in [-0.4, -0.2) is 6.29 Å². The highest BCUT2D eigenvalue weighted by molar-refractivity contribution is 5.51. The lowest BCUT2D eigenvalue weighted by Crippen LogP contribution is -1.61. The topological polar surface area (TPSA) is 17.1 Å². The fourth-order valence-electron chi connectivity index (χ4n) is 0.166. The molecule has 0 saturated heterocycles. The van der Waals surface area contributed by atoms with E-state index < -0.39 is 0 Å². The zero-order valence-corrected chi connectivity index (χ0v) is 3.77. The van der Waals surface area contributed by atoms with Crippen molar-refractivity contribution >= 4 is 6.29 Å². The average Bonchev–Trinajstić information content (AvgIpc) is 1.61. The quantitative estimate of drug-likeness (QED) is 0.454. The van der Waals surface area contributed by atoms with Gasteiger partial charge in [-0.2, -0.15) is 0 Å². The van der Waals surface area contributed by atoms with Crippen LogP contribution >= 0.6 is 0 Å².